The topological polar surface area (TPSA) is 153 Å². The summed E-state index contributed by atoms with van der Waals surface area (Å²) in [6.07, 6.45) is 0. The molecule has 124 valence electrons. The monoisotopic (exact) mass is 358 g/mol. The van der Waals surface area contributed by atoms with Crippen molar-refractivity contribution in [1.82, 2.24) is 0 Å². The van der Waals surface area contributed by atoms with Gasteiger partial charge in [-0.25, -0.2) is 0 Å². The average Bonchev–Trinajstić information content (AvgIpc) is 2.43. The molecule has 2 rings (SSSR count). The van der Waals surface area contributed by atoms with Crippen LogP contribution in [0.3, 0.4) is 0 Å². The molecule has 0 amide bonds. The fourth-order valence-electron chi connectivity index (χ4n) is 2.02. The highest BCUT2D eigenvalue weighted by Crippen LogP contribution is 2.59. The third-order valence-electron chi connectivity index (χ3n) is 3.02. The fraction of sp³-hybridized carbons (Fsp3) is 0.0769. The third-order valence-corrected chi connectivity index (χ3v) is 6.35. The number of nitrogens with two attached hydrogens (primary N) is 1. The Labute approximate surface area is 132 Å². The number of nitrogen functional groups attached to an aromatic ring is 1. The van der Waals surface area contributed by atoms with Gasteiger partial charge in [-0.15, -0.1) is 0 Å². The molecule has 7 N–H and O–H groups in total. The highest BCUT2D eigenvalue weighted by atomic mass is 31.2. The van der Waals surface area contributed by atoms with Gasteiger partial charge in [0.2, 0.25) is 5.52 Å². The maximum absolute atomic E-state index is 11.3. The maximum Gasteiger partial charge on any atom is 0.360 e. The minimum atomic E-state index is -5.05. The molecule has 2 aromatic carbocycles. The van der Waals surface area contributed by atoms with E-state index in [0.717, 1.165) is 5.56 Å². The van der Waals surface area contributed by atoms with Gasteiger partial charge in [0.15, 0.2) is 0 Å². The largest absolute Gasteiger partial charge is 0.399 e. The zero-order chi connectivity index (χ0) is 17.3. The quantitative estimate of drug-likeness (QED) is 0.350. The molecule has 0 bridgehead atoms. The summed E-state index contributed by atoms with van der Waals surface area (Å²) >= 11 is 0. The molecule has 0 atom stereocenters. The Morgan fingerprint density at radius 3 is 1.91 bits per heavy atom. The fourth-order valence-corrected chi connectivity index (χ4v) is 4.22. The van der Waals surface area contributed by atoms with E-state index >= 15 is 0 Å². The second kappa shape index (κ2) is 6.45. The van der Waals surface area contributed by atoms with Crippen molar-refractivity contribution in [3.8, 4) is 11.1 Å². The van der Waals surface area contributed by atoms with E-state index in [1.54, 1.807) is 36.4 Å². The van der Waals surface area contributed by atoms with E-state index in [9.17, 15) is 9.13 Å². The van der Waals surface area contributed by atoms with Gasteiger partial charge < -0.3 is 30.6 Å². The van der Waals surface area contributed by atoms with Gasteiger partial charge in [-0.05, 0) is 35.4 Å². The van der Waals surface area contributed by atoms with E-state index < -0.39 is 20.7 Å². The summed E-state index contributed by atoms with van der Waals surface area (Å²) in [6, 6.07) is 13.3. The van der Waals surface area contributed by atoms with Crippen molar-refractivity contribution >= 4 is 26.6 Å². The van der Waals surface area contributed by atoms with Crippen LogP contribution in [0.5, 0.6) is 0 Å². The van der Waals surface area contributed by atoms with E-state index in [2.05, 4.69) is 5.32 Å². The van der Waals surface area contributed by atoms with Crippen molar-refractivity contribution in [2.75, 3.05) is 11.1 Å². The molecule has 0 heterocycles. The molecule has 23 heavy (non-hydrogen) atoms. The first-order valence-corrected chi connectivity index (χ1v) is 9.76. The lowest BCUT2D eigenvalue weighted by atomic mass is 10.0. The summed E-state index contributed by atoms with van der Waals surface area (Å²) in [5.74, 6) is 0. The second-order valence-electron chi connectivity index (χ2n) is 4.90. The van der Waals surface area contributed by atoms with Crippen molar-refractivity contribution in [3.63, 3.8) is 0 Å². The van der Waals surface area contributed by atoms with Crippen molar-refractivity contribution in [2.45, 2.75) is 5.52 Å². The number of benzene rings is 2. The molecule has 0 fully saturated rings. The lowest BCUT2D eigenvalue weighted by molar-refractivity contribution is 0.343. The normalized spacial score (nSPS) is 12.4. The second-order valence-corrected chi connectivity index (χ2v) is 8.70. The lowest BCUT2D eigenvalue weighted by Crippen LogP contribution is -2.19. The number of anilines is 2. The molecule has 10 heteroatoms. The van der Waals surface area contributed by atoms with Gasteiger partial charge in [0.1, 0.15) is 0 Å². The molecule has 0 aliphatic carbocycles. The zero-order valence-corrected chi connectivity index (χ0v) is 13.6. The third kappa shape index (κ3) is 4.65. The molecular weight excluding hydrogens is 342 g/mol. The van der Waals surface area contributed by atoms with Gasteiger partial charge in [-0.2, -0.15) is 0 Å². The summed E-state index contributed by atoms with van der Waals surface area (Å²) in [4.78, 5) is 36.5. The Kier molecular flexibility index (Phi) is 4.96. The van der Waals surface area contributed by atoms with Crippen LogP contribution >= 0.6 is 15.2 Å². The minimum Gasteiger partial charge on any atom is -0.399 e. The summed E-state index contributed by atoms with van der Waals surface area (Å²) in [7, 11) is -10.1. The van der Waals surface area contributed by atoms with Crippen LogP contribution in [0.2, 0.25) is 0 Å². The van der Waals surface area contributed by atoms with Crippen LogP contribution in [0.1, 0.15) is 0 Å². The van der Waals surface area contributed by atoms with E-state index in [4.69, 9.17) is 25.3 Å². The lowest BCUT2D eigenvalue weighted by Gasteiger charge is -2.22. The van der Waals surface area contributed by atoms with Crippen LogP contribution in [0.15, 0.2) is 48.5 Å². The van der Waals surface area contributed by atoms with Gasteiger partial charge >= 0.3 is 15.2 Å². The van der Waals surface area contributed by atoms with Crippen LogP contribution in [-0.2, 0) is 9.13 Å². The molecule has 0 unspecified atom stereocenters. The van der Waals surface area contributed by atoms with Gasteiger partial charge in [0, 0.05) is 11.4 Å². The van der Waals surface area contributed by atoms with Crippen molar-refractivity contribution in [3.05, 3.63) is 48.5 Å². The first kappa shape index (κ1) is 17.7. The van der Waals surface area contributed by atoms with Crippen LogP contribution in [0.25, 0.3) is 11.1 Å². The molecular formula is C13H16N2O6P2. The number of rotatable bonds is 5. The highest BCUT2D eigenvalue weighted by Gasteiger charge is 2.43. The molecule has 0 spiro atoms. The molecule has 8 nitrogen and oxygen atoms in total. The summed E-state index contributed by atoms with van der Waals surface area (Å²) in [6.45, 7) is 0. The standard InChI is InChI=1S/C13H16N2O6P2/c14-11-5-1-3-9(7-11)10-4-2-6-12(8-10)15-13(22(16,17)18)23(19,20)21/h1-8,13,15H,14H2,(H2,16,17,18)(H2,19,20,21). The van der Waals surface area contributed by atoms with Crippen LogP contribution in [0, 0.1) is 0 Å². The molecule has 0 aromatic heterocycles. The molecule has 0 radical (unpaired) electrons. The highest BCUT2D eigenvalue weighted by molar-refractivity contribution is 7.71. The van der Waals surface area contributed by atoms with Gasteiger partial charge in [0.25, 0.3) is 0 Å². The van der Waals surface area contributed by atoms with Crippen LogP contribution in [-0.4, -0.2) is 25.1 Å². The number of hydrogen-bond donors (Lipinski definition) is 6. The summed E-state index contributed by atoms with van der Waals surface area (Å²) in [5.41, 5.74) is 5.56. The Balaban J connectivity index is 2.36. The first-order chi connectivity index (χ1) is 10.6. The van der Waals surface area contributed by atoms with Gasteiger partial charge in [-0.3, -0.25) is 9.13 Å². The number of nitrogens with one attached hydrogen (secondary N) is 1. The molecule has 0 saturated heterocycles. The Morgan fingerprint density at radius 2 is 1.39 bits per heavy atom. The predicted molar refractivity (Wildman–Crippen MR) is 87.8 cm³/mol. The van der Waals surface area contributed by atoms with Crippen molar-refractivity contribution in [2.24, 2.45) is 0 Å². The van der Waals surface area contributed by atoms with E-state index in [0.29, 0.717) is 11.3 Å². The predicted octanol–water partition coefficient (Wildman–Crippen LogP) is 1.99. The van der Waals surface area contributed by atoms with E-state index in [1.807, 2.05) is 0 Å². The molecule has 2 aromatic rings. The van der Waals surface area contributed by atoms with Crippen LogP contribution in [0.4, 0.5) is 11.4 Å². The van der Waals surface area contributed by atoms with Crippen molar-refractivity contribution in [1.29, 1.82) is 0 Å². The Hall–Kier alpha value is -1.66. The Morgan fingerprint density at radius 1 is 0.870 bits per heavy atom. The zero-order valence-electron chi connectivity index (χ0n) is 11.8. The van der Waals surface area contributed by atoms with Gasteiger partial charge in [-0.1, -0.05) is 24.3 Å². The average molecular weight is 358 g/mol. The molecule has 0 saturated carbocycles. The van der Waals surface area contributed by atoms with Crippen LogP contribution < -0.4 is 11.1 Å². The van der Waals surface area contributed by atoms with Gasteiger partial charge in [0.05, 0.1) is 0 Å². The van der Waals surface area contributed by atoms with Crippen molar-refractivity contribution < 1.29 is 28.7 Å². The summed E-state index contributed by atoms with van der Waals surface area (Å²) in [5, 5.41) is 2.23. The first-order valence-electron chi connectivity index (χ1n) is 6.40. The summed E-state index contributed by atoms with van der Waals surface area (Å²) < 4.78 is 22.6. The van der Waals surface area contributed by atoms with E-state index in [1.165, 1.54) is 12.1 Å². The smallest absolute Gasteiger partial charge is 0.360 e. The Bertz CT molecular complexity index is 779. The molecule has 0 aliphatic heterocycles. The minimum absolute atomic E-state index is 0.168. The SMILES string of the molecule is Nc1cccc(-c2cccc(NC(P(=O)(O)O)P(=O)(O)O)c2)c1. The number of hydrogen-bond acceptors (Lipinski definition) is 4. The maximum atomic E-state index is 11.3. The van der Waals surface area contributed by atoms with E-state index in [-0.39, 0.29) is 5.69 Å². The molecule has 0 aliphatic rings.